The van der Waals surface area contributed by atoms with E-state index in [2.05, 4.69) is 14.7 Å². The van der Waals surface area contributed by atoms with Crippen molar-refractivity contribution in [2.45, 2.75) is 19.4 Å². The number of esters is 1. The summed E-state index contributed by atoms with van der Waals surface area (Å²) in [6, 6.07) is 4.92. The minimum atomic E-state index is -1.12. The van der Waals surface area contributed by atoms with E-state index in [1.54, 1.807) is 25.1 Å². The average molecular weight is 264 g/mol. The van der Waals surface area contributed by atoms with Gasteiger partial charge < -0.3 is 14.9 Å². The van der Waals surface area contributed by atoms with Crippen LogP contribution in [0.25, 0.3) is 4.98 Å². The van der Waals surface area contributed by atoms with Gasteiger partial charge in [0.25, 0.3) is 0 Å². The highest BCUT2D eigenvalue weighted by Crippen LogP contribution is 2.20. The molecule has 0 saturated heterocycles. The molecule has 0 aliphatic heterocycles. The maximum atomic E-state index is 11.3. The summed E-state index contributed by atoms with van der Waals surface area (Å²) in [6.45, 7) is 1.65. The molecule has 1 unspecified atom stereocenters. The van der Waals surface area contributed by atoms with Crippen LogP contribution in [0.3, 0.4) is 0 Å². The van der Waals surface area contributed by atoms with Gasteiger partial charge in [0.05, 0.1) is 12.3 Å². The summed E-state index contributed by atoms with van der Waals surface area (Å²) in [7, 11) is 0. The molecule has 0 radical (unpaired) electrons. The van der Waals surface area contributed by atoms with Crippen molar-refractivity contribution in [1.82, 2.24) is 4.98 Å². The molecule has 1 aromatic heterocycles. The number of rotatable bonds is 5. The van der Waals surface area contributed by atoms with E-state index in [0.717, 1.165) is 0 Å². The molecular formula is C12H14N3O4+. The first-order valence-electron chi connectivity index (χ1n) is 5.63. The summed E-state index contributed by atoms with van der Waals surface area (Å²) in [4.78, 5) is 17.9. The normalized spacial score (nSPS) is 13.1. The smallest absolute Gasteiger partial charge is 0.505 e. The molecule has 1 heterocycles. The molecule has 1 rings (SSSR count). The highest BCUT2D eigenvalue weighted by atomic mass is 16.5. The van der Waals surface area contributed by atoms with Gasteiger partial charge in [-0.1, -0.05) is 6.07 Å². The van der Waals surface area contributed by atoms with Crippen LogP contribution in [-0.2, 0) is 9.53 Å². The number of hydrogen-bond acceptors (Lipinski definition) is 6. The number of ether oxygens (including phenoxy) is 1. The Kier molecular flexibility index (Phi) is 5.44. The first-order valence-corrected chi connectivity index (χ1v) is 5.63. The van der Waals surface area contributed by atoms with E-state index < -0.39 is 23.5 Å². The van der Waals surface area contributed by atoms with Gasteiger partial charge in [0, 0.05) is 12.6 Å². The Morgan fingerprint density at radius 1 is 1.58 bits per heavy atom. The first-order chi connectivity index (χ1) is 9.10. The number of diazo groups is 1. The lowest BCUT2D eigenvalue weighted by atomic mass is 10.1. The number of pyridine rings is 1. The maximum absolute atomic E-state index is 11.3. The van der Waals surface area contributed by atoms with Gasteiger partial charge in [0.15, 0.2) is 10.7 Å². The number of aromatic nitrogens is 1. The van der Waals surface area contributed by atoms with Gasteiger partial charge in [-0.25, -0.2) is 4.79 Å². The number of carbonyl (C=O) groups is 1. The van der Waals surface area contributed by atoms with Crippen molar-refractivity contribution in [3.63, 3.8) is 0 Å². The Balaban J connectivity index is 2.85. The molecule has 0 aliphatic rings. The lowest BCUT2D eigenvalue weighted by Crippen LogP contribution is -2.10. The molecule has 7 nitrogen and oxygen atoms in total. The zero-order chi connectivity index (χ0) is 14.3. The van der Waals surface area contributed by atoms with Crippen LogP contribution in [0.4, 0.5) is 0 Å². The standard InChI is InChI=1S/C12H13N3O4/c1-2-19-12(18)11(15-13)10(17)7-9(16)8-5-3-4-6-14-8/h3-6,9,16H,2,7H2,1H3/p+1. The maximum Gasteiger partial charge on any atom is 0.505 e. The fourth-order valence-electron chi connectivity index (χ4n) is 1.37. The molecule has 7 heteroatoms. The summed E-state index contributed by atoms with van der Waals surface area (Å²) in [5.41, 5.74) is -0.299. The van der Waals surface area contributed by atoms with Gasteiger partial charge in [0.1, 0.15) is 6.10 Å². The quantitative estimate of drug-likeness (QED) is 0.362. The monoisotopic (exact) mass is 264 g/mol. The summed E-state index contributed by atoms with van der Waals surface area (Å²) < 4.78 is 4.60. The Bertz CT molecular complexity index is 507. The third-order valence-electron chi connectivity index (χ3n) is 2.26. The Hall–Kier alpha value is -2.46. The second kappa shape index (κ2) is 7.08. The summed E-state index contributed by atoms with van der Waals surface area (Å²) in [5.74, 6) is -1.53. The molecule has 0 fully saturated rings. The highest BCUT2D eigenvalue weighted by Gasteiger charge is 2.31. The summed E-state index contributed by atoms with van der Waals surface area (Å²) >= 11 is 0. The van der Waals surface area contributed by atoms with Crippen LogP contribution in [0.2, 0.25) is 0 Å². The predicted molar refractivity (Wildman–Crippen MR) is 65.2 cm³/mol. The van der Waals surface area contributed by atoms with E-state index in [1.165, 1.54) is 6.20 Å². The Morgan fingerprint density at radius 3 is 2.84 bits per heavy atom. The Labute approximate surface area is 109 Å². The van der Waals surface area contributed by atoms with E-state index in [4.69, 9.17) is 5.39 Å². The molecule has 100 valence electrons. The van der Waals surface area contributed by atoms with Gasteiger partial charge in [0.2, 0.25) is 5.39 Å². The van der Waals surface area contributed by atoms with Crippen molar-refractivity contribution in [2.24, 2.45) is 0 Å². The van der Waals surface area contributed by atoms with Gasteiger partial charge in [-0.05, 0) is 19.1 Å². The molecule has 0 amide bonds. The van der Waals surface area contributed by atoms with Crippen LogP contribution in [0.15, 0.2) is 35.9 Å². The number of hydrogen-bond donors (Lipinski definition) is 2. The first kappa shape index (κ1) is 14.6. The van der Waals surface area contributed by atoms with Gasteiger partial charge in [-0.2, -0.15) is 0 Å². The average Bonchev–Trinajstić information content (AvgIpc) is 2.40. The molecule has 19 heavy (non-hydrogen) atoms. The van der Waals surface area contributed by atoms with Crippen molar-refractivity contribution in [3.8, 4) is 0 Å². The van der Waals surface area contributed by atoms with Crippen molar-refractivity contribution in [3.05, 3.63) is 46.5 Å². The van der Waals surface area contributed by atoms with E-state index in [9.17, 15) is 15.0 Å². The lowest BCUT2D eigenvalue weighted by Gasteiger charge is -2.07. The summed E-state index contributed by atoms with van der Waals surface area (Å²) in [6.07, 6.45) is 0.0596. The van der Waals surface area contributed by atoms with E-state index >= 15 is 0 Å². The molecule has 0 bridgehead atoms. The SMILES string of the molecule is CCOC(=O)/C([N+]#N)=C(\O)CC(O)c1ccccn1. The molecule has 1 atom stereocenters. The van der Waals surface area contributed by atoms with E-state index in [1.807, 2.05) is 0 Å². The predicted octanol–water partition coefficient (Wildman–Crippen LogP) is 1.69. The van der Waals surface area contributed by atoms with Crippen LogP contribution in [-0.4, -0.2) is 27.8 Å². The largest absolute Gasteiger partial charge is 0.505 e. The van der Waals surface area contributed by atoms with Crippen LogP contribution in [0, 0.1) is 5.39 Å². The third-order valence-corrected chi connectivity index (χ3v) is 2.26. The van der Waals surface area contributed by atoms with Crippen LogP contribution in [0.1, 0.15) is 25.1 Å². The van der Waals surface area contributed by atoms with Crippen LogP contribution >= 0.6 is 0 Å². The molecule has 0 aromatic carbocycles. The van der Waals surface area contributed by atoms with Gasteiger partial charge in [-0.15, -0.1) is 0 Å². The van der Waals surface area contributed by atoms with Gasteiger partial charge >= 0.3 is 11.7 Å². The number of aliphatic hydroxyl groups excluding tert-OH is 2. The molecular weight excluding hydrogens is 250 g/mol. The second-order valence-electron chi connectivity index (χ2n) is 3.59. The van der Waals surface area contributed by atoms with E-state index in [0.29, 0.717) is 5.69 Å². The molecule has 0 spiro atoms. The number of carbonyl (C=O) groups excluding carboxylic acids is 1. The van der Waals surface area contributed by atoms with Crippen molar-refractivity contribution in [2.75, 3.05) is 6.61 Å². The Morgan fingerprint density at radius 2 is 2.32 bits per heavy atom. The molecule has 0 aliphatic carbocycles. The lowest BCUT2D eigenvalue weighted by molar-refractivity contribution is -0.138. The fraction of sp³-hybridized carbons (Fsp3) is 0.333. The topological polar surface area (TPSA) is 108 Å². The number of aliphatic hydroxyl groups is 2. The molecule has 0 saturated carbocycles. The zero-order valence-electron chi connectivity index (χ0n) is 10.4. The second-order valence-corrected chi connectivity index (χ2v) is 3.59. The van der Waals surface area contributed by atoms with Gasteiger partial charge in [-0.3, -0.25) is 4.98 Å². The summed E-state index contributed by atoms with van der Waals surface area (Å²) in [5, 5.41) is 28.2. The van der Waals surface area contributed by atoms with E-state index in [-0.39, 0.29) is 13.0 Å². The molecule has 1 aromatic rings. The van der Waals surface area contributed by atoms with Crippen molar-refractivity contribution in [1.29, 1.82) is 5.39 Å². The van der Waals surface area contributed by atoms with Crippen LogP contribution < -0.4 is 0 Å². The molecule has 2 N–H and O–H groups in total. The van der Waals surface area contributed by atoms with Crippen LogP contribution in [0.5, 0.6) is 0 Å². The fourth-order valence-corrected chi connectivity index (χ4v) is 1.37. The highest BCUT2D eigenvalue weighted by molar-refractivity contribution is 5.90. The van der Waals surface area contributed by atoms with Crippen molar-refractivity contribution < 1.29 is 19.7 Å². The minimum absolute atomic E-state index is 0.0773. The third kappa shape index (κ3) is 4.04. The number of nitrogens with zero attached hydrogens (tertiary/aromatic N) is 3. The van der Waals surface area contributed by atoms with Crippen molar-refractivity contribution >= 4 is 5.97 Å². The minimum Gasteiger partial charge on any atom is -0.505 e. The zero-order valence-corrected chi connectivity index (χ0v) is 10.4.